The lowest BCUT2D eigenvalue weighted by molar-refractivity contribution is -0.139. The fraction of sp³-hybridized carbons (Fsp3) is 0.367. The Kier molecular flexibility index (Phi) is 9.60. The third-order valence-electron chi connectivity index (χ3n) is 6.94. The summed E-state index contributed by atoms with van der Waals surface area (Å²) in [5, 5.41) is 0. The summed E-state index contributed by atoms with van der Waals surface area (Å²) in [6.45, 7) is 9.54. The van der Waals surface area contributed by atoms with Crippen LogP contribution in [0.5, 0.6) is 17.2 Å². The average molecular weight is 645 g/mol. The Morgan fingerprint density at radius 2 is 1.78 bits per heavy atom. The molecule has 4 rings (SSSR count). The highest BCUT2D eigenvalue weighted by Crippen LogP contribution is 2.38. The van der Waals surface area contributed by atoms with Gasteiger partial charge in [0.25, 0.3) is 5.56 Å². The van der Waals surface area contributed by atoms with Gasteiger partial charge in [0.1, 0.15) is 23.3 Å². The van der Waals surface area contributed by atoms with Crippen molar-refractivity contribution in [3.8, 4) is 17.2 Å². The first-order valence-electron chi connectivity index (χ1n) is 13.3. The van der Waals surface area contributed by atoms with Crippen molar-refractivity contribution in [2.75, 3.05) is 45.9 Å². The van der Waals surface area contributed by atoms with E-state index in [2.05, 4.69) is 39.7 Å². The molecule has 2 heterocycles. The Hall–Kier alpha value is -3.57. The second-order valence-electron chi connectivity index (χ2n) is 9.13. The van der Waals surface area contributed by atoms with Crippen molar-refractivity contribution < 1.29 is 23.7 Å². The number of nitrogens with zero attached hydrogens (tertiary/aromatic N) is 3. The number of methoxy groups -OCH3 is 3. The van der Waals surface area contributed by atoms with Crippen LogP contribution < -0.4 is 34.0 Å². The maximum Gasteiger partial charge on any atom is 0.338 e. The van der Waals surface area contributed by atoms with Gasteiger partial charge < -0.3 is 23.8 Å². The number of aromatic nitrogens is 1. The second-order valence-corrected chi connectivity index (χ2v) is 11.0. The fourth-order valence-electron chi connectivity index (χ4n) is 4.93. The van der Waals surface area contributed by atoms with E-state index in [-0.39, 0.29) is 17.7 Å². The van der Waals surface area contributed by atoms with Crippen molar-refractivity contribution in [2.45, 2.75) is 33.7 Å². The van der Waals surface area contributed by atoms with Crippen LogP contribution >= 0.6 is 27.3 Å². The van der Waals surface area contributed by atoms with Crippen LogP contribution in [0.3, 0.4) is 0 Å². The number of esters is 1. The van der Waals surface area contributed by atoms with E-state index in [1.54, 1.807) is 52.3 Å². The maximum absolute atomic E-state index is 14.1. The van der Waals surface area contributed by atoms with Crippen LogP contribution in [-0.2, 0) is 9.53 Å². The number of rotatable bonds is 10. The highest BCUT2D eigenvalue weighted by molar-refractivity contribution is 9.10. The van der Waals surface area contributed by atoms with E-state index >= 15 is 0 Å². The lowest BCUT2D eigenvalue weighted by Crippen LogP contribution is -2.40. The number of thiazole rings is 1. The van der Waals surface area contributed by atoms with Gasteiger partial charge in [-0.2, -0.15) is 0 Å². The second kappa shape index (κ2) is 12.9. The van der Waals surface area contributed by atoms with E-state index in [4.69, 9.17) is 18.9 Å². The van der Waals surface area contributed by atoms with E-state index in [0.717, 1.165) is 28.8 Å². The molecule has 9 nitrogen and oxygen atoms in total. The van der Waals surface area contributed by atoms with Gasteiger partial charge in [0, 0.05) is 40.8 Å². The summed E-state index contributed by atoms with van der Waals surface area (Å²) in [6.07, 6.45) is 1.80. The Morgan fingerprint density at radius 1 is 1.07 bits per heavy atom. The van der Waals surface area contributed by atoms with Crippen molar-refractivity contribution in [2.24, 2.45) is 4.99 Å². The van der Waals surface area contributed by atoms with Crippen molar-refractivity contribution >= 4 is 45.0 Å². The van der Waals surface area contributed by atoms with E-state index in [1.807, 2.05) is 12.1 Å². The smallest absolute Gasteiger partial charge is 0.338 e. The Labute approximate surface area is 251 Å². The number of hydrogen-bond donors (Lipinski definition) is 0. The standard InChI is InChI=1S/C30H34BrN3O6S/c1-8-33(9-2)22-16-23(38-6)18(13-21(22)31)14-25-28(35)34-27(20-12-11-19(37-5)15-24(20)39-7)26(29(36)40-10-3)17(4)32-30(34)41-25/h11-16,27H,8-10H2,1-7H3/b25-14+/t27-/m1/s1. The highest BCUT2D eigenvalue weighted by atomic mass is 79.9. The molecule has 1 aliphatic rings. The van der Waals surface area contributed by atoms with Crippen molar-refractivity contribution in [3.05, 3.63) is 76.9 Å². The lowest BCUT2D eigenvalue weighted by Gasteiger charge is -2.26. The normalized spacial score (nSPS) is 14.8. The summed E-state index contributed by atoms with van der Waals surface area (Å²) >= 11 is 4.94. The minimum Gasteiger partial charge on any atom is -0.497 e. The molecule has 1 aromatic heterocycles. The predicted molar refractivity (Wildman–Crippen MR) is 164 cm³/mol. The molecule has 0 N–H and O–H groups in total. The first-order valence-corrected chi connectivity index (χ1v) is 14.9. The molecule has 0 amide bonds. The van der Waals surface area contributed by atoms with Gasteiger partial charge in [-0.15, -0.1) is 0 Å². The van der Waals surface area contributed by atoms with E-state index in [0.29, 0.717) is 37.8 Å². The summed E-state index contributed by atoms with van der Waals surface area (Å²) in [5.74, 6) is 1.15. The number of anilines is 1. The van der Waals surface area contributed by atoms with Crippen LogP contribution in [0.4, 0.5) is 5.69 Å². The first-order chi connectivity index (χ1) is 19.7. The summed E-state index contributed by atoms with van der Waals surface area (Å²) in [6, 6.07) is 8.39. The molecular formula is C30H34BrN3O6S. The van der Waals surface area contributed by atoms with Gasteiger partial charge >= 0.3 is 5.97 Å². The summed E-state index contributed by atoms with van der Waals surface area (Å²) in [7, 11) is 4.71. The van der Waals surface area contributed by atoms with E-state index in [9.17, 15) is 9.59 Å². The first kappa shape index (κ1) is 30.4. The van der Waals surface area contributed by atoms with Gasteiger partial charge in [-0.25, -0.2) is 9.79 Å². The third-order valence-corrected chi connectivity index (χ3v) is 8.56. The van der Waals surface area contributed by atoms with Gasteiger partial charge in [-0.1, -0.05) is 11.3 Å². The minimum atomic E-state index is -0.813. The molecule has 1 atom stereocenters. The van der Waals surface area contributed by atoms with Crippen LogP contribution in [0.15, 0.2) is 55.9 Å². The molecule has 218 valence electrons. The minimum absolute atomic E-state index is 0.185. The van der Waals surface area contributed by atoms with E-state index < -0.39 is 12.0 Å². The molecule has 0 unspecified atom stereocenters. The zero-order valence-electron chi connectivity index (χ0n) is 24.2. The Balaban J connectivity index is 1.97. The number of benzene rings is 2. The van der Waals surface area contributed by atoms with Gasteiger partial charge in [0.2, 0.25) is 0 Å². The van der Waals surface area contributed by atoms with Crippen molar-refractivity contribution in [1.82, 2.24) is 4.57 Å². The number of hydrogen-bond acceptors (Lipinski definition) is 9. The number of carbonyl (C=O) groups excluding carboxylic acids is 1. The number of allylic oxidation sites excluding steroid dienone is 1. The molecule has 0 saturated heterocycles. The summed E-state index contributed by atoms with van der Waals surface area (Å²) < 4.78 is 25.1. The average Bonchev–Trinajstić information content (AvgIpc) is 3.27. The maximum atomic E-state index is 14.1. The molecule has 3 aromatic rings. The predicted octanol–water partition coefficient (Wildman–Crippen LogP) is 4.43. The van der Waals surface area contributed by atoms with Crippen LogP contribution in [0.2, 0.25) is 0 Å². The SMILES string of the molecule is CCOC(=O)C1=C(C)N=c2s/c(=C/c3cc(Br)c(N(CC)CC)cc3OC)c(=O)n2[C@@H]1c1ccc(OC)cc1OC. The molecular weight excluding hydrogens is 610 g/mol. The van der Waals surface area contributed by atoms with Crippen LogP contribution in [0, 0.1) is 0 Å². The number of fused-ring (bicyclic) bond motifs is 1. The molecule has 0 fully saturated rings. The molecule has 2 aromatic carbocycles. The van der Waals surface area contributed by atoms with E-state index in [1.165, 1.54) is 23.0 Å². The molecule has 0 spiro atoms. The quantitative estimate of drug-likeness (QED) is 0.302. The molecule has 0 bridgehead atoms. The van der Waals surface area contributed by atoms with Gasteiger partial charge in [0.05, 0.1) is 49.4 Å². The number of ether oxygens (including phenoxy) is 4. The fourth-order valence-corrected chi connectivity index (χ4v) is 6.57. The molecule has 0 radical (unpaired) electrons. The third kappa shape index (κ3) is 5.78. The van der Waals surface area contributed by atoms with Crippen molar-refractivity contribution in [1.29, 1.82) is 0 Å². The highest BCUT2D eigenvalue weighted by Gasteiger charge is 2.35. The monoisotopic (exact) mass is 643 g/mol. The molecule has 1 aliphatic heterocycles. The number of halogens is 1. The summed E-state index contributed by atoms with van der Waals surface area (Å²) in [4.78, 5) is 34.7. The zero-order chi connectivity index (χ0) is 29.8. The molecule has 41 heavy (non-hydrogen) atoms. The zero-order valence-corrected chi connectivity index (χ0v) is 26.6. The number of carbonyl (C=O) groups is 1. The van der Waals surface area contributed by atoms with Gasteiger partial charge in [-0.3, -0.25) is 9.36 Å². The van der Waals surface area contributed by atoms with Gasteiger partial charge in [0.15, 0.2) is 4.80 Å². The lowest BCUT2D eigenvalue weighted by atomic mass is 9.95. The molecule has 0 saturated carbocycles. The summed E-state index contributed by atoms with van der Waals surface area (Å²) in [5.41, 5.74) is 2.81. The Morgan fingerprint density at radius 3 is 2.39 bits per heavy atom. The Bertz CT molecular complexity index is 1670. The largest absolute Gasteiger partial charge is 0.497 e. The van der Waals surface area contributed by atoms with Gasteiger partial charge in [-0.05, 0) is 67.9 Å². The van der Waals surface area contributed by atoms with Crippen LogP contribution in [0.1, 0.15) is 44.9 Å². The van der Waals surface area contributed by atoms with Crippen molar-refractivity contribution in [3.63, 3.8) is 0 Å². The molecule has 11 heteroatoms. The molecule has 0 aliphatic carbocycles. The van der Waals surface area contributed by atoms with Crippen LogP contribution in [0.25, 0.3) is 6.08 Å². The topological polar surface area (TPSA) is 91.6 Å². The van der Waals surface area contributed by atoms with Crippen LogP contribution in [-0.4, -0.2) is 51.6 Å².